The Bertz CT molecular complexity index is 1250. The minimum atomic E-state index is -0.237. The first-order chi connectivity index (χ1) is 17.5. The molecule has 3 fully saturated rings. The Kier molecular flexibility index (Phi) is 6.11. The van der Waals surface area contributed by atoms with Crippen LogP contribution in [-0.4, -0.2) is 65.9 Å². The van der Waals surface area contributed by atoms with Crippen LogP contribution >= 0.6 is 0 Å². The average Bonchev–Trinajstić information content (AvgIpc) is 3.68. The minimum absolute atomic E-state index is 0.0227. The van der Waals surface area contributed by atoms with E-state index in [9.17, 15) is 14.0 Å². The third kappa shape index (κ3) is 4.81. The van der Waals surface area contributed by atoms with Crippen LogP contribution in [0.1, 0.15) is 54.3 Å². The van der Waals surface area contributed by atoms with Gasteiger partial charge in [0.1, 0.15) is 11.3 Å². The van der Waals surface area contributed by atoms with Crippen molar-refractivity contribution in [3.8, 4) is 0 Å². The van der Waals surface area contributed by atoms with Crippen molar-refractivity contribution in [3.63, 3.8) is 0 Å². The third-order valence-electron chi connectivity index (χ3n) is 7.77. The Morgan fingerprint density at radius 2 is 1.61 bits per heavy atom. The van der Waals surface area contributed by atoms with Gasteiger partial charge in [-0.05, 0) is 74.1 Å². The highest BCUT2D eigenvalue weighted by molar-refractivity contribution is 5.97. The normalized spacial score (nSPS) is 19.2. The van der Waals surface area contributed by atoms with Gasteiger partial charge in [-0.15, -0.1) is 0 Å². The fourth-order valence-electron chi connectivity index (χ4n) is 5.35. The Morgan fingerprint density at radius 1 is 0.889 bits per heavy atom. The number of likely N-dealkylation sites (tertiary alicyclic amines) is 1. The van der Waals surface area contributed by atoms with E-state index in [-0.39, 0.29) is 17.6 Å². The van der Waals surface area contributed by atoms with Gasteiger partial charge < -0.3 is 19.1 Å². The van der Waals surface area contributed by atoms with E-state index in [1.54, 1.807) is 12.1 Å². The average molecular weight is 491 g/mol. The van der Waals surface area contributed by atoms with Gasteiger partial charge in [0.2, 0.25) is 5.91 Å². The zero-order valence-electron chi connectivity index (χ0n) is 20.4. The summed E-state index contributed by atoms with van der Waals surface area (Å²) in [6.45, 7) is 4.20. The summed E-state index contributed by atoms with van der Waals surface area (Å²) in [6.07, 6.45) is 4.47. The smallest absolute Gasteiger partial charge is 0.253 e. The number of fused-ring (bicyclic) bond motifs is 1. The van der Waals surface area contributed by atoms with Gasteiger partial charge in [-0.3, -0.25) is 9.59 Å². The van der Waals surface area contributed by atoms with E-state index in [1.807, 2.05) is 28.0 Å². The number of halogens is 1. The number of piperazine rings is 1. The Hall–Kier alpha value is -3.42. The van der Waals surface area contributed by atoms with Gasteiger partial charge in [0, 0.05) is 62.9 Å². The summed E-state index contributed by atoms with van der Waals surface area (Å²) >= 11 is 0. The first-order valence-electron chi connectivity index (χ1n) is 13.0. The molecule has 7 nitrogen and oxygen atoms in total. The highest BCUT2D eigenvalue weighted by Gasteiger charge is 2.30. The second-order valence-electron chi connectivity index (χ2n) is 10.3. The molecule has 3 heterocycles. The van der Waals surface area contributed by atoms with Crippen molar-refractivity contribution in [1.82, 2.24) is 14.8 Å². The number of anilines is 1. The molecule has 1 saturated carbocycles. The molecule has 2 amide bonds. The van der Waals surface area contributed by atoms with E-state index < -0.39 is 0 Å². The zero-order chi connectivity index (χ0) is 24.6. The second-order valence-corrected chi connectivity index (χ2v) is 10.3. The van der Waals surface area contributed by atoms with Crippen LogP contribution in [0.15, 0.2) is 46.9 Å². The van der Waals surface area contributed by atoms with Gasteiger partial charge in [-0.2, -0.15) is 0 Å². The molecule has 8 heteroatoms. The van der Waals surface area contributed by atoms with E-state index in [1.165, 1.54) is 12.1 Å². The molecule has 3 aromatic rings. The summed E-state index contributed by atoms with van der Waals surface area (Å²) in [4.78, 5) is 36.6. The number of carbonyl (C=O) groups excluding carboxylic acids is 2. The van der Waals surface area contributed by atoms with E-state index in [4.69, 9.17) is 4.42 Å². The maximum Gasteiger partial charge on any atom is 0.253 e. The molecule has 2 aromatic carbocycles. The monoisotopic (exact) mass is 490 g/mol. The van der Waals surface area contributed by atoms with Gasteiger partial charge in [-0.1, -0.05) is 0 Å². The van der Waals surface area contributed by atoms with Crippen molar-refractivity contribution >= 4 is 28.6 Å². The van der Waals surface area contributed by atoms with Gasteiger partial charge in [0.15, 0.2) is 11.5 Å². The van der Waals surface area contributed by atoms with Crippen molar-refractivity contribution in [2.45, 2.75) is 38.0 Å². The molecule has 0 spiro atoms. The van der Waals surface area contributed by atoms with Crippen molar-refractivity contribution in [3.05, 3.63) is 59.7 Å². The standard InChI is InChI=1S/C28H31FN4O3/c29-22-4-6-23(7-5-22)31-13-15-32(16-14-31)26(34)17-19-9-11-33(12-10-19)28(35)21-3-8-25-24(18-21)30-27(36-25)20-1-2-20/h3-8,18-20H,1-2,9-17H2. The lowest BCUT2D eigenvalue weighted by molar-refractivity contribution is -0.132. The number of oxazole rings is 1. The van der Waals surface area contributed by atoms with Crippen molar-refractivity contribution in [2.75, 3.05) is 44.2 Å². The lowest BCUT2D eigenvalue weighted by Crippen LogP contribution is -2.49. The maximum atomic E-state index is 13.2. The van der Waals surface area contributed by atoms with E-state index in [0.29, 0.717) is 50.0 Å². The molecular formula is C28H31FN4O3. The molecule has 0 bridgehead atoms. The highest BCUT2D eigenvalue weighted by Crippen LogP contribution is 2.40. The van der Waals surface area contributed by atoms with Crippen LogP contribution in [0, 0.1) is 11.7 Å². The zero-order valence-corrected chi connectivity index (χ0v) is 20.4. The van der Waals surface area contributed by atoms with Crippen LogP contribution in [0.5, 0.6) is 0 Å². The van der Waals surface area contributed by atoms with Crippen molar-refractivity contribution in [2.24, 2.45) is 5.92 Å². The SMILES string of the molecule is O=C(CC1CCN(C(=O)c2ccc3oc(C4CC4)nc3c2)CC1)N1CCN(c2ccc(F)cc2)CC1. The largest absolute Gasteiger partial charge is 0.440 e. The number of hydrogen-bond acceptors (Lipinski definition) is 5. The van der Waals surface area contributed by atoms with Crippen molar-refractivity contribution < 1.29 is 18.4 Å². The number of carbonyl (C=O) groups is 2. The summed E-state index contributed by atoms with van der Waals surface area (Å²) < 4.78 is 19.0. The van der Waals surface area contributed by atoms with Gasteiger partial charge in [0.25, 0.3) is 5.91 Å². The molecule has 0 radical (unpaired) electrons. The van der Waals surface area contributed by atoms with Gasteiger partial charge >= 0.3 is 0 Å². The maximum absolute atomic E-state index is 13.2. The highest BCUT2D eigenvalue weighted by atomic mass is 19.1. The summed E-state index contributed by atoms with van der Waals surface area (Å²) in [5, 5.41) is 0. The molecular weight excluding hydrogens is 459 g/mol. The molecule has 1 aromatic heterocycles. The molecule has 3 aliphatic rings. The molecule has 6 rings (SSSR count). The quantitative estimate of drug-likeness (QED) is 0.529. The Morgan fingerprint density at radius 3 is 2.31 bits per heavy atom. The fourth-order valence-corrected chi connectivity index (χ4v) is 5.35. The number of aromatic nitrogens is 1. The molecule has 1 aliphatic carbocycles. The Labute approximate surface area is 209 Å². The summed E-state index contributed by atoms with van der Waals surface area (Å²) in [5.41, 5.74) is 3.13. The van der Waals surface area contributed by atoms with Crippen LogP contribution in [0.3, 0.4) is 0 Å². The number of amides is 2. The molecule has 2 aliphatic heterocycles. The van der Waals surface area contributed by atoms with E-state index >= 15 is 0 Å². The summed E-state index contributed by atoms with van der Waals surface area (Å²) in [7, 11) is 0. The molecule has 0 atom stereocenters. The summed E-state index contributed by atoms with van der Waals surface area (Å²) in [5.74, 6) is 1.51. The lowest BCUT2D eigenvalue weighted by atomic mass is 9.92. The Balaban J connectivity index is 0.983. The molecule has 0 unspecified atom stereocenters. The topological polar surface area (TPSA) is 69.9 Å². The minimum Gasteiger partial charge on any atom is -0.440 e. The summed E-state index contributed by atoms with van der Waals surface area (Å²) in [6, 6.07) is 12.0. The predicted octanol–water partition coefficient (Wildman–Crippen LogP) is 4.44. The van der Waals surface area contributed by atoms with Crippen LogP contribution < -0.4 is 4.90 Å². The first-order valence-corrected chi connectivity index (χ1v) is 13.0. The number of hydrogen-bond donors (Lipinski definition) is 0. The van der Waals surface area contributed by atoms with Crippen LogP contribution in [-0.2, 0) is 4.79 Å². The van der Waals surface area contributed by atoms with E-state index in [2.05, 4.69) is 9.88 Å². The molecule has 188 valence electrons. The van der Waals surface area contributed by atoms with Crippen molar-refractivity contribution in [1.29, 1.82) is 0 Å². The fraction of sp³-hybridized carbons (Fsp3) is 0.464. The number of rotatable bonds is 5. The van der Waals surface area contributed by atoms with Gasteiger partial charge in [0.05, 0.1) is 0 Å². The lowest BCUT2D eigenvalue weighted by Gasteiger charge is -2.37. The van der Waals surface area contributed by atoms with E-state index in [0.717, 1.165) is 61.5 Å². The number of piperidine rings is 1. The third-order valence-corrected chi connectivity index (χ3v) is 7.77. The van der Waals surface area contributed by atoms with Crippen LogP contribution in [0.2, 0.25) is 0 Å². The molecule has 2 saturated heterocycles. The number of benzene rings is 2. The predicted molar refractivity (Wildman–Crippen MR) is 134 cm³/mol. The first kappa shape index (κ1) is 23.0. The van der Waals surface area contributed by atoms with Crippen LogP contribution in [0.4, 0.5) is 10.1 Å². The van der Waals surface area contributed by atoms with Crippen LogP contribution in [0.25, 0.3) is 11.1 Å². The number of nitrogens with zero attached hydrogens (tertiary/aromatic N) is 4. The molecule has 36 heavy (non-hydrogen) atoms. The van der Waals surface area contributed by atoms with Gasteiger partial charge in [-0.25, -0.2) is 9.37 Å². The second kappa shape index (κ2) is 9.56. The molecule has 0 N–H and O–H groups in total.